The third kappa shape index (κ3) is 3.62. The first kappa shape index (κ1) is 19.6. The van der Waals surface area contributed by atoms with Gasteiger partial charge in [0, 0.05) is 5.57 Å². The van der Waals surface area contributed by atoms with Crippen molar-refractivity contribution in [3.63, 3.8) is 0 Å². The van der Waals surface area contributed by atoms with Gasteiger partial charge in [-0.25, -0.2) is 4.79 Å². The Bertz CT molecular complexity index is 411. The van der Waals surface area contributed by atoms with Gasteiger partial charge in [-0.15, -0.1) is 0 Å². The van der Waals surface area contributed by atoms with Gasteiger partial charge in [-0.2, -0.15) is 39.5 Å². The van der Waals surface area contributed by atoms with Crippen molar-refractivity contribution in [2.75, 3.05) is 0 Å². The van der Waals surface area contributed by atoms with Crippen LogP contribution in [0.3, 0.4) is 0 Å². The van der Waals surface area contributed by atoms with Crippen molar-refractivity contribution < 1.29 is 49.0 Å². The van der Waals surface area contributed by atoms with Crippen LogP contribution in [0.5, 0.6) is 0 Å². The van der Waals surface area contributed by atoms with Crippen LogP contribution in [0.1, 0.15) is 19.8 Å². The summed E-state index contributed by atoms with van der Waals surface area (Å²) in [5, 5.41) is 0. The van der Waals surface area contributed by atoms with Crippen LogP contribution >= 0.6 is 0 Å². The number of hydrogen-bond acceptors (Lipinski definition) is 2. The van der Waals surface area contributed by atoms with Crippen molar-refractivity contribution >= 4 is 5.97 Å². The largest absolute Gasteiger partial charge is 0.473 e. The molecule has 0 saturated heterocycles. The van der Waals surface area contributed by atoms with Gasteiger partial charge < -0.3 is 4.74 Å². The van der Waals surface area contributed by atoms with Crippen LogP contribution in [0.4, 0.5) is 39.5 Å². The van der Waals surface area contributed by atoms with Crippen LogP contribution in [-0.4, -0.2) is 30.1 Å². The number of rotatable bonds is 6. The summed E-state index contributed by atoms with van der Waals surface area (Å²) >= 11 is 0. The Morgan fingerprint density at radius 1 is 0.952 bits per heavy atom. The van der Waals surface area contributed by atoms with E-state index in [-0.39, 0.29) is 12.8 Å². The summed E-state index contributed by atoms with van der Waals surface area (Å²) in [6.07, 6.45) is -13.5. The average molecular weight is 332 g/mol. The lowest BCUT2D eigenvalue weighted by Crippen LogP contribution is -2.62. The number of esters is 1. The molecule has 11 heteroatoms. The molecule has 0 aliphatic carbocycles. The molecule has 0 atom stereocenters. The summed E-state index contributed by atoms with van der Waals surface area (Å²) in [5.74, 6) is -16.3. The Morgan fingerprint density at radius 3 is 1.71 bits per heavy atom. The molecule has 0 aromatic heterocycles. The highest BCUT2D eigenvalue weighted by atomic mass is 19.4. The molecule has 0 aliphatic rings. The molecule has 0 rings (SSSR count). The molecule has 0 spiro atoms. The lowest BCUT2D eigenvalue weighted by Gasteiger charge is -2.32. The van der Waals surface area contributed by atoms with Crippen LogP contribution in [-0.2, 0) is 9.53 Å². The number of hydrogen-bond donors (Lipinski definition) is 0. The summed E-state index contributed by atoms with van der Waals surface area (Å²) in [5.41, 5.74) is -0.775. The number of halogens is 9. The minimum absolute atomic E-state index is 0.147. The summed E-state index contributed by atoms with van der Waals surface area (Å²) < 4.78 is 114. The van der Waals surface area contributed by atoms with E-state index in [1.54, 1.807) is 0 Å². The minimum atomic E-state index is -7.10. The molecule has 2 nitrogen and oxygen atoms in total. The molecule has 0 heterocycles. The van der Waals surface area contributed by atoms with E-state index in [0.29, 0.717) is 0 Å². The van der Waals surface area contributed by atoms with Gasteiger partial charge in [0.05, 0.1) is 0 Å². The SMILES string of the molecule is C=C(CCC)C(=O)OC(F)(F)C(F)(F)C(F)(F)C(F)(F)F. The van der Waals surface area contributed by atoms with Crippen molar-refractivity contribution in [1.29, 1.82) is 0 Å². The molecule has 124 valence electrons. The number of alkyl halides is 9. The van der Waals surface area contributed by atoms with Gasteiger partial charge in [0.1, 0.15) is 0 Å². The molecule has 0 bridgehead atoms. The quantitative estimate of drug-likeness (QED) is 0.412. The lowest BCUT2D eigenvalue weighted by molar-refractivity contribution is -0.434. The van der Waals surface area contributed by atoms with Gasteiger partial charge in [0.2, 0.25) is 0 Å². The lowest BCUT2D eigenvalue weighted by atomic mass is 10.1. The van der Waals surface area contributed by atoms with E-state index in [2.05, 4.69) is 11.3 Å². The van der Waals surface area contributed by atoms with Gasteiger partial charge in [-0.05, 0) is 6.42 Å². The second-order valence-corrected chi connectivity index (χ2v) is 3.91. The maximum atomic E-state index is 12.9. The highest BCUT2D eigenvalue weighted by Gasteiger charge is 2.83. The number of carbonyl (C=O) groups is 1. The van der Waals surface area contributed by atoms with Crippen LogP contribution in [0.2, 0.25) is 0 Å². The summed E-state index contributed by atoms with van der Waals surface area (Å²) in [7, 11) is 0. The average Bonchev–Trinajstić information content (AvgIpc) is 2.26. The molecule has 0 radical (unpaired) electrons. The first-order chi connectivity index (χ1) is 9.12. The van der Waals surface area contributed by atoms with E-state index in [4.69, 9.17) is 0 Å². The molecular weight excluding hydrogens is 323 g/mol. The fourth-order valence-corrected chi connectivity index (χ4v) is 1.02. The molecule has 0 aliphatic heterocycles. The van der Waals surface area contributed by atoms with Crippen molar-refractivity contribution in [3.8, 4) is 0 Å². The van der Waals surface area contributed by atoms with E-state index in [1.807, 2.05) is 0 Å². The van der Waals surface area contributed by atoms with Crippen molar-refractivity contribution in [2.24, 2.45) is 0 Å². The molecule has 0 amide bonds. The molecule has 0 N–H and O–H groups in total. The Hall–Kier alpha value is -1.42. The Balaban J connectivity index is 5.40. The second kappa shape index (κ2) is 5.76. The van der Waals surface area contributed by atoms with Crippen LogP contribution in [0.25, 0.3) is 0 Å². The van der Waals surface area contributed by atoms with E-state index in [0.717, 1.165) is 0 Å². The first-order valence-corrected chi connectivity index (χ1v) is 5.23. The summed E-state index contributed by atoms with van der Waals surface area (Å²) in [6, 6.07) is 0. The zero-order valence-electron chi connectivity index (χ0n) is 10.3. The normalized spacial score (nSPS) is 14.0. The maximum absolute atomic E-state index is 12.9. The molecular formula is C10H9F9O2. The molecule has 0 unspecified atom stereocenters. The second-order valence-electron chi connectivity index (χ2n) is 3.91. The van der Waals surface area contributed by atoms with Crippen molar-refractivity contribution in [2.45, 2.75) is 43.9 Å². The van der Waals surface area contributed by atoms with Crippen molar-refractivity contribution in [1.82, 2.24) is 0 Å². The predicted molar refractivity (Wildman–Crippen MR) is 51.0 cm³/mol. The Kier molecular flexibility index (Phi) is 5.37. The zero-order chi connectivity index (χ0) is 17.3. The highest BCUT2D eigenvalue weighted by Crippen LogP contribution is 2.53. The maximum Gasteiger partial charge on any atom is 0.473 e. The van der Waals surface area contributed by atoms with Crippen LogP contribution in [0.15, 0.2) is 12.2 Å². The van der Waals surface area contributed by atoms with Crippen LogP contribution < -0.4 is 0 Å². The Morgan fingerprint density at radius 2 is 1.38 bits per heavy atom. The Labute approximate surface area is 112 Å². The van der Waals surface area contributed by atoms with Gasteiger partial charge in [-0.3, -0.25) is 0 Å². The van der Waals surface area contributed by atoms with E-state index >= 15 is 0 Å². The van der Waals surface area contributed by atoms with Gasteiger partial charge in [0.15, 0.2) is 0 Å². The van der Waals surface area contributed by atoms with E-state index in [9.17, 15) is 44.3 Å². The zero-order valence-corrected chi connectivity index (χ0v) is 10.3. The molecule has 0 fully saturated rings. The molecule has 0 saturated carbocycles. The molecule has 0 aromatic rings. The minimum Gasteiger partial charge on any atom is -0.393 e. The molecule has 21 heavy (non-hydrogen) atoms. The predicted octanol–water partition coefficient (Wildman–Crippen LogP) is 4.31. The standard InChI is InChI=1S/C10H9F9O2/c1-3-4-5(2)6(20)21-10(18,19)8(13,14)7(11,12)9(15,16)17/h2-4H2,1H3. The fraction of sp³-hybridized carbons (Fsp3) is 0.700. The smallest absolute Gasteiger partial charge is 0.393 e. The van der Waals surface area contributed by atoms with Crippen molar-refractivity contribution in [3.05, 3.63) is 12.2 Å². The topological polar surface area (TPSA) is 26.3 Å². The highest BCUT2D eigenvalue weighted by molar-refractivity contribution is 5.87. The first-order valence-electron chi connectivity index (χ1n) is 5.23. The van der Waals surface area contributed by atoms with Gasteiger partial charge in [-0.1, -0.05) is 19.9 Å². The third-order valence-corrected chi connectivity index (χ3v) is 2.18. The van der Waals surface area contributed by atoms with E-state index < -0.39 is 35.7 Å². The third-order valence-electron chi connectivity index (χ3n) is 2.18. The van der Waals surface area contributed by atoms with Gasteiger partial charge in [0.25, 0.3) is 0 Å². The summed E-state index contributed by atoms with van der Waals surface area (Å²) in [6.45, 7) is 4.29. The number of carbonyl (C=O) groups excluding carboxylic acids is 1. The molecule has 0 aromatic carbocycles. The fourth-order valence-electron chi connectivity index (χ4n) is 1.02. The monoisotopic (exact) mass is 332 g/mol. The van der Waals surface area contributed by atoms with Crippen LogP contribution in [0, 0.1) is 0 Å². The number of ether oxygens (including phenoxy) is 1. The summed E-state index contributed by atoms with van der Waals surface area (Å²) in [4.78, 5) is 10.9. The van der Waals surface area contributed by atoms with E-state index in [1.165, 1.54) is 6.92 Å². The van der Waals surface area contributed by atoms with Gasteiger partial charge >= 0.3 is 30.1 Å².